The lowest BCUT2D eigenvalue weighted by atomic mass is 10.1. The fraction of sp³-hybridized carbons (Fsp3) is 0.176. The smallest absolute Gasteiger partial charge is 0.338 e. The summed E-state index contributed by atoms with van der Waals surface area (Å²) in [5.41, 5.74) is 0.997. The SMILES string of the molecule is NS(=O)(=O)c1cc(C(=O)OCC(=O)NCCc2ccccc2)ccc1Cl. The first kappa shape index (κ1) is 19.9. The maximum absolute atomic E-state index is 12.0. The highest BCUT2D eigenvalue weighted by molar-refractivity contribution is 7.89. The van der Waals surface area contributed by atoms with Crippen LogP contribution in [-0.4, -0.2) is 33.4 Å². The summed E-state index contributed by atoms with van der Waals surface area (Å²) in [6.07, 6.45) is 0.648. The molecule has 0 heterocycles. The highest BCUT2D eigenvalue weighted by Gasteiger charge is 2.17. The summed E-state index contributed by atoms with van der Waals surface area (Å²) in [6.45, 7) is -0.0855. The second-order valence-corrected chi connectivity index (χ2v) is 7.29. The number of rotatable bonds is 7. The number of carbonyl (C=O) groups is 2. The Labute approximate surface area is 156 Å². The average Bonchev–Trinajstić information content (AvgIpc) is 2.60. The van der Waals surface area contributed by atoms with Crippen LogP contribution in [0, 0.1) is 0 Å². The lowest BCUT2D eigenvalue weighted by molar-refractivity contribution is -0.124. The number of amides is 1. The van der Waals surface area contributed by atoms with Gasteiger partial charge in [-0.15, -0.1) is 0 Å². The summed E-state index contributed by atoms with van der Waals surface area (Å²) in [5, 5.41) is 7.54. The molecular formula is C17H17ClN2O5S. The molecule has 0 aliphatic carbocycles. The van der Waals surface area contributed by atoms with Crippen LogP contribution < -0.4 is 10.5 Å². The molecule has 138 valence electrons. The molecule has 7 nitrogen and oxygen atoms in total. The Morgan fingerprint density at radius 1 is 1.12 bits per heavy atom. The molecule has 0 spiro atoms. The number of hydrogen-bond donors (Lipinski definition) is 2. The van der Waals surface area contributed by atoms with Gasteiger partial charge in [-0.25, -0.2) is 18.4 Å². The number of esters is 1. The van der Waals surface area contributed by atoms with Crippen LogP contribution in [0.2, 0.25) is 5.02 Å². The number of nitrogens with two attached hydrogens (primary N) is 1. The Hall–Kier alpha value is -2.42. The van der Waals surface area contributed by atoms with Crippen molar-refractivity contribution in [2.24, 2.45) is 5.14 Å². The van der Waals surface area contributed by atoms with Gasteiger partial charge in [0.05, 0.1) is 10.6 Å². The molecule has 0 radical (unpaired) electrons. The van der Waals surface area contributed by atoms with E-state index >= 15 is 0 Å². The summed E-state index contributed by atoms with van der Waals surface area (Å²) in [5.74, 6) is -1.32. The maximum atomic E-state index is 12.0. The number of benzene rings is 2. The molecule has 0 saturated carbocycles. The van der Waals surface area contributed by atoms with E-state index in [0.717, 1.165) is 11.6 Å². The third kappa shape index (κ3) is 5.83. The summed E-state index contributed by atoms with van der Waals surface area (Å²) in [7, 11) is -4.08. The first-order valence-electron chi connectivity index (χ1n) is 7.57. The van der Waals surface area contributed by atoms with E-state index in [1.54, 1.807) is 0 Å². The topological polar surface area (TPSA) is 116 Å². The summed E-state index contributed by atoms with van der Waals surface area (Å²) >= 11 is 5.75. The van der Waals surface area contributed by atoms with Crippen molar-refractivity contribution < 1.29 is 22.7 Å². The van der Waals surface area contributed by atoms with Gasteiger partial charge in [0.25, 0.3) is 5.91 Å². The number of hydrogen-bond acceptors (Lipinski definition) is 5. The zero-order chi connectivity index (χ0) is 19.2. The highest BCUT2D eigenvalue weighted by atomic mass is 35.5. The van der Waals surface area contributed by atoms with E-state index in [9.17, 15) is 18.0 Å². The first-order chi connectivity index (χ1) is 12.3. The number of primary sulfonamides is 1. The molecule has 0 aliphatic heterocycles. The minimum atomic E-state index is -4.08. The molecule has 0 aromatic heterocycles. The molecule has 0 bridgehead atoms. The van der Waals surface area contributed by atoms with Gasteiger partial charge in [-0.05, 0) is 30.2 Å². The van der Waals surface area contributed by atoms with Gasteiger partial charge < -0.3 is 10.1 Å². The molecule has 0 fully saturated rings. The normalized spacial score (nSPS) is 11.0. The molecule has 0 atom stereocenters. The minimum absolute atomic E-state index is 0.0736. The van der Waals surface area contributed by atoms with E-state index in [1.807, 2.05) is 30.3 Å². The van der Waals surface area contributed by atoms with Crippen molar-refractivity contribution in [3.8, 4) is 0 Å². The zero-order valence-corrected chi connectivity index (χ0v) is 15.2. The van der Waals surface area contributed by atoms with Gasteiger partial charge in [-0.2, -0.15) is 0 Å². The number of sulfonamides is 1. The van der Waals surface area contributed by atoms with E-state index < -0.39 is 28.5 Å². The van der Waals surface area contributed by atoms with Gasteiger partial charge >= 0.3 is 5.97 Å². The largest absolute Gasteiger partial charge is 0.452 e. The van der Waals surface area contributed by atoms with E-state index in [1.165, 1.54) is 12.1 Å². The molecule has 26 heavy (non-hydrogen) atoms. The van der Waals surface area contributed by atoms with Gasteiger partial charge in [0.2, 0.25) is 10.0 Å². The Morgan fingerprint density at radius 2 is 1.81 bits per heavy atom. The third-order valence-electron chi connectivity index (χ3n) is 3.39. The lowest BCUT2D eigenvalue weighted by Gasteiger charge is -2.08. The van der Waals surface area contributed by atoms with Crippen LogP contribution in [0.3, 0.4) is 0 Å². The zero-order valence-electron chi connectivity index (χ0n) is 13.6. The van der Waals surface area contributed by atoms with Gasteiger partial charge in [0.15, 0.2) is 6.61 Å². The van der Waals surface area contributed by atoms with Gasteiger partial charge in [-0.3, -0.25) is 4.79 Å². The standard InChI is InChI=1S/C17H17ClN2O5S/c18-14-7-6-13(10-15(14)26(19,23)24)17(22)25-11-16(21)20-9-8-12-4-2-1-3-5-12/h1-7,10H,8-9,11H2,(H,20,21)(H2,19,23,24). The van der Waals surface area contributed by atoms with Crippen molar-refractivity contribution >= 4 is 33.5 Å². The fourth-order valence-corrected chi connectivity index (χ4v) is 3.18. The third-order valence-corrected chi connectivity index (χ3v) is 4.78. The van der Waals surface area contributed by atoms with Crippen molar-refractivity contribution in [3.63, 3.8) is 0 Å². The lowest BCUT2D eigenvalue weighted by Crippen LogP contribution is -2.30. The predicted molar refractivity (Wildman–Crippen MR) is 96.3 cm³/mol. The summed E-state index contributed by atoms with van der Waals surface area (Å²) in [6, 6.07) is 13.1. The van der Waals surface area contributed by atoms with Crippen LogP contribution in [0.15, 0.2) is 53.4 Å². The second kappa shape index (κ2) is 8.79. The van der Waals surface area contributed by atoms with Crippen LogP contribution in [0.1, 0.15) is 15.9 Å². The van der Waals surface area contributed by atoms with Crippen LogP contribution in [0.25, 0.3) is 0 Å². The molecule has 2 rings (SSSR count). The van der Waals surface area contributed by atoms with Crippen molar-refractivity contribution in [3.05, 3.63) is 64.7 Å². The molecular weight excluding hydrogens is 380 g/mol. The predicted octanol–water partition coefficient (Wildman–Crippen LogP) is 1.50. The molecule has 2 aromatic rings. The molecule has 9 heteroatoms. The van der Waals surface area contributed by atoms with E-state index in [-0.39, 0.29) is 15.5 Å². The quantitative estimate of drug-likeness (QED) is 0.688. The Bertz CT molecular complexity index is 901. The highest BCUT2D eigenvalue weighted by Crippen LogP contribution is 2.21. The van der Waals surface area contributed by atoms with Crippen molar-refractivity contribution in [2.45, 2.75) is 11.3 Å². The van der Waals surface area contributed by atoms with Gasteiger partial charge in [-0.1, -0.05) is 41.9 Å². The van der Waals surface area contributed by atoms with Crippen molar-refractivity contribution in [1.82, 2.24) is 5.32 Å². The monoisotopic (exact) mass is 396 g/mol. The van der Waals surface area contributed by atoms with Gasteiger partial charge in [0.1, 0.15) is 4.90 Å². The van der Waals surface area contributed by atoms with Crippen LogP contribution >= 0.6 is 11.6 Å². The van der Waals surface area contributed by atoms with Gasteiger partial charge in [0, 0.05) is 6.54 Å². The molecule has 0 unspecified atom stereocenters. The Kier molecular flexibility index (Phi) is 6.73. The molecule has 2 aromatic carbocycles. The van der Waals surface area contributed by atoms with Crippen molar-refractivity contribution in [2.75, 3.05) is 13.2 Å². The molecule has 3 N–H and O–H groups in total. The summed E-state index contributed by atoms with van der Waals surface area (Å²) < 4.78 is 27.7. The molecule has 0 saturated heterocycles. The molecule has 1 amide bonds. The molecule has 0 aliphatic rings. The first-order valence-corrected chi connectivity index (χ1v) is 9.50. The van der Waals surface area contributed by atoms with E-state index in [2.05, 4.69) is 5.32 Å². The van der Waals surface area contributed by atoms with Crippen LogP contribution in [0.4, 0.5) is 0 Å². The second-order valence-electron chi connectivity index (χ2n) is 5.35. The van der Waals surface area contributed by atoms with Crippen molar-refractivity contribution in [1.29, 1.82) is 0 Å². The van der Waals surface area contributed by atoms with Crippen LogP contribution in [-0.2, 0) is 26.0 Å². The van der Waals surface area contributed by atoms with Crippen LogP contribution in [0.5, 0.6) is 0 Å². The Balaban J connectivity index is 1.85. The Morgan fingerprint density at radius 3 is 2.46 bits per heavy atom. The fourth-order valence-electron chi connectivity index (χ4n) is 2.10. The summed E-state index contributed by atoms with van der Waals surface area (Å²) in [4.78, 5) is 23.3. The minimum Gasteiger partial charge on any atom is -0.452 e. The number of nitrogens with one attached hydrogen (secondary N) is 1. The average molecular weight is 397 g/mol. The maximum Gasteiger partial charge on any atom is 0.338 e. The number of carbonyl (C=O) groups excluding carboxylic acids is 2. The van der Waals surface area contributed by atoms with E-state index in [4.69, 9.17) is 21.5 Å². The number of ether oxygens (including phenoxy) is 1. The van der Waals surface area contributed by atoms with E-state index in [0.29, 0.717) is 13.0 Å². The number of halogens is 1.